The topological polar surface area (TPSA) is 113 Å². The molecule has 0 aliphatic heterocycles. The number of nitrogens with zero attached hydrogens (tertiary/aromatic N) is 5. The Balaban J connectivity index is 0.00000138. The number of hydrazone groups is 1. The molecule has 8 nitrogen and oxygen atoms in total. The highest BCUT2D eigenvalue weighted by molar-refractivity contribution is 5.99. The van der Waals surface area contributed by atoms with Gasteiger partial charge in [-0.3, -0.25) is 0 Å². The average Bonchev–Trinajstić information content (AvgIpc) is 3.47. The summed E-state index contributed by atoms with van der Waals surface area (Å²) in [4.78, 5) is 1.50. The molecule has 0 fully saturated rings. The quantitative estimate of drug-likeness (QED) is 0.119. The van der Waals surface area contributed by atoms with Crippen LogP contribution in [0.3, 0.4) is 0 Å². The van der Waals surface area contributed by atoms with Crippen LogP contribution < -0.4 is 11.0 Å². The van der Waals surface area contributed by atoms with Crippen LogP contribution in [0.15, 0.2) is 77.9 Å². The van der Waals surface area contributed by atoms with Crippen LogP contribution in [0.4, 0.5) is 5.69 Å². The van der Waals surface area contributed by atoms with E-state index in [1.54, 1.807) is 0 Å². The van der Waals surface area contributed by atoms with Gasteiger partial charge in [0.2, 0.25) is 0 Å². The van der Waals surface area contributed by atoms with Crippen LogP contribution in [0.5, 0.6) is 11.5 Å². The van der Waals surface area contributed by atoms with E-state index in [4.69, 9.17) is 10.9 Å². The Morgan fingerprint density at radius 2 is 1.43 bits per heavy atom. The first-order valence-electron chi connectivity index (χ1n) is 18.3. The maximum atomic E-state index is 11.9. The Morgan fingerprint density at radius 3 is 1.98 bits per heavy atom. The van der Waals surface area contributed by atoms with E-state index in [1.165, 1.54) is 9.91 Å². The molecule has 51 heavy (non-hydrogen) atoms. The van der Waals surface area contributed by atoms with Gasteiger partial charge < -0.3 is 10.2 Å². The lowest BCUT2D eigenvalue weighted by atomic mass is 9.70. The largest absolute Gasteiger partial charge is 0.505 e. The van der Waals surface area contributed by atoms with Crippen LogP contribution in [-0.4, -0.2) is 30.9 Å². The first-order valence-corrected chi connectivity index (χ1v) is 18.3. The van der Waals surface area contributed by atoms with Gasteiger partial charge in [-0.25, -0.2) is 5.84 Å². The SMILES string of the molecule is CC(C)C.CCC(C)(C)CC(C)(C)c1cc(Cc2cc(C(C)(C)C)cc(-n3nc4ccccc4n3)c2O)c(O)c(N(N)/N=C2/C=CC=CC2C)c1. The molecule has 274 valence electrons. The number of hydrogen-bond donors (Lipinski definition) is 3. The van der Waals surface area contributed by atoms with Crippen molar-refractivity contribution in [2.24, 2.45) is 28.2 Å². The summed E-state index contributed by atoms with van der Waals surface area (Å²) >= 11 is 0. The molecule has 0 radical (unpaired) electrons. The molecule has 1 unspecified atom stereocenters. The fourth-order valence-electron chi connectivity index (χ4n) is 6.31. The number of phenols is 2. The highest BCUT2D eigenvalue weighted by Gasteiger charge is 2.31. The minimum Gasteiger partial charge on any atom is -0.505 e. The maximum absolute atomic E-state index is 11.9. The molecule has 1 heterocycles. The molecule has 0 bridgehead atoms. The van der Waals surface area contributed by atoms with E-state index in [0.29, 0.717) is 22.5 Å². The zero-order chi connectivity index (χ0) is 37.9. The van der Waals surface area contributed by atoms with E-state index in [2.05, 4.69) is 105 Å². The van der Waals surface area contributed by atoms with Gasteiger partial charge in [0, 0.05) is 23.5 Å². The smallest absolute Gasteiger partial charge is 0.146 e. The molecule has 0 saturated carbocycles. The van der Waals surface area contributed by atoms with Gasteiger partial charge in [0.1, 0.15) is 33.9 Å². The lowest BCUT2D eigenvalue weighted by Gasteiger charge is -2.36. The highest BCUT2D eigenvalue weighted by atomic mass is 16.3. The van der Waals surface area contributed by atoms with E-state index in [0.717, 1.165) is 46.6 Å². The van der Waals surface area contributed by atoms with Crippen LogP contribution >= 0.6 is 0 Å². The monoisotopic (exact) mass is 692 g/mol. The molecule has 4 N–H and O–H groups in total. The van der Waals surface area contributed by atoms with Crippen molar-refractivity contribution in [2.45, 2.75) is 113 Å². The van der Waals surface area contributed by atoms with Crippen molar-refractivity contribution in [3.63, 3.8) is 0 Å². The average molecular weight is 693 g/mol. The van der Waals surface area contributed by atoms with Crippen molar-refractivity contribution in [2.75, 3.05) is 5.12 Å². The standard InChI is InChI=1S/C39H50N6O2.C4H10/c1-10-38(6,7)24-39(8,9)29-21-27(35(46)33(23-29)44(40)41-30-16-12-11-15-25(30)2)19-26-20-28(37(3,4)5)22-34(36(26)47)45-42-31-17-13-14-18-32(31)43-45;1-4(2)3/h11-18,20-23,25,46-47H,10,19,24,40H2,1-9H3;4H,1-3H3/b41-30-;. The number of aromatic hydroxyl groups is 2. The Hall–Kier alpha value is -4.43. The Bertz CT molecular complexity index is 1890. The lowest BCUT2D eigenvalue weighted by molar-refractivity contribution is 0.248. The van der Waals surface area contributed by atoms with Crippen molar-refractivity contribution in [1.29, 1.82) is 0 Å². The number of benzene rings is 3. The number of hydrogen-bond acceptors (Lipinski definition) is 7. The molecule has 4 aromatic rings. The van der Waals surface area contributed by atoms with Crippen molar-refractivity contribution in [3.05, 3.63) is 95.1 Å². The van der Waals surface area contributed by atoms with Gasteiger partial charge >= 0.3 is 0 Å². The molecule has 1 atom stereocenters. The van der Waals surface area contributed by atoms with Crippen molar-refractivity contribution in [1.82, 2.24) is 15.0 Å². The second-order valence-corrected chi connectivity index (χ2v) is 17.1. The number of fused-ring (bicyclic) bond motifs is 1. The summed E-state index contributed by atoms with van der Waals surface area (Å²) in [7, 11) is 0. The molecule has 0 spiro atoms. The predicted molar refractivity (Wildman–Crippen MR) is 214 cm³/mol. The molecular weight excluding hydrogens is 633 g/mol. The number of allylic oxidation sites excluding steroid dienone is 4. The Labute approximate surface area is 305 Å². The van der Waals surface area contributed by atoms with E-state index in [-0.39, 0.29) is 40.1 Å². The molecule has 0 saturated heterocycles. The van der Waals surface area contributed by atoms with E-state index in [1.807, 2.05) is 60.7 Å². The van der Waals surface area contributed by atoms with E-state index < -0.39 is 0 Å². The molecule has 0 amide bonds. The number of aromatic nitrogens is 3. The number of hydrazine groups is 1. The van der Waals surface area contributed by atoms with Crippen molar-refractivity contribution >= 4 is 22.4 Å². The molecular formula is C43H60N6O2. The Kier molecular flexibility index (Phi) is 11.9. The summed E-state index contributed by atoms with van der Waals surface area (Å²) in [6.45, 7) is 26.2. The van der Waals surface area contributed by atoms with Gasteiger partial charge in [0.25, 0.3) is 0 Å². The predicted octanol–water partition coefficient (Wildman–Crippen LogP) is 10.3. The summed E-state index contributed by atoms with van der Waals surface area (Å²) in [5.41, 5.74) is 6.17. The molecule has 3 aromatic carbocycles. The fourth-order valence-corrected chi connectivity index (χ4v) is 6.31. The first-order chi connectivity index (χ1) is 23.7. The van der Waals surface area contributed by atoms with Crippen LogP contribution in [0.25, 0.3) is 16.7 Å². The molecule has 8 heteroatoms. The van der Waals surface area contributed by atoms with Gasteiger partial charge in [-0.05, 0) is 70.1 Å². The summed E-state index contributed by atoms with van der Waals surface area (Å²) in [6, 6.07) is 15.6. The highest BCUT2D eigenvalue weighted by Crippen LogP contribution is 2.44. The molecule has 1 aromatic heterocycles. The minimum absolute atomic E-state index is 0.0270. The third-order valence-corrected chi connectivity index (χ3v) is 9.46. The summed E-state index contributed by atoms with van der Waals surface area (Å²) < 4.78 is 0. The normalized spacial score (nSPS) is 15.8. The third-order valence-electron chi connectivity index (χ3n) is 9.46. The number of phenolic OH excluding ortho intramolecular Hbond substituents is 2. The summed E-state index contributed by atoms with van der Waals surface area (Å²) in [5, 5.41) is 39.0. The molecule has 1 aliphatic carbocycles. The van der Waals surface area contributed by atoms with Crippen LogP contribution in [0.1, 0.15) is 118 Å². The Morgan fingerprint density at radius 1 is 0.863 bits per heavy atom. The third kappa shape index (κ3) is 9.67. The van der Waals surface area contributed by atoms with Gasteiger partial charge in [-0.15, -0.1) is 15.0 Å². The maximum Gasteiger partial charge on any atom is 0.146 e. The number of nitrogens with two attached hydrogens (primary N) is 1. The first kappa shape index (κ1) is 39.4. The number of anilines is 1. The van der Waals surface area contributed by atoms with Gasteiger partial charge in [-0.1, -0.05) is 132 Å². The van der Waals surface area contributed by atoms with E-state index >= 15 is 0 Å². The van der Waals surface area contributed by atoms with Gasteiger partial charge in [-0.2, -0.15) is 10.2 Å². The minimum atomic E-state index is -0.245. The van der Waals surface area contributed by atoms with Crippen molar-refractivity contribution < 1.29 is 10.2 Å². The second kappa shape index (κ2) is 15.4. The van der Waals surface area contributed by atoms with Crippen LogP contribution in [0.2, 0.25) is 0 Å². The lowest BCUT2D eigenvalue weighted by Crippen LogP contribution is -2.30. The van der Waals surface area contributed by atoms with Crippen LogP contribution in [-0.2, 0) is 17.3 Å². The zero-order valence-corrected chi connectivity index (χ0v) is 32.9. The van der Waals surface area contributed by atoms with Crippen LogP contribution in [0, 0.1) is 17.3 Å². The van der Waals surface area contributed by atoms with Crippen molar-refractivity contribution in [3.8, 4) is 17.2 Å². The fraction of sp³-hybridized carbons (Fsp3) is 0.465. The summed E-state index contributed by atoms with van der Waals surface area (Å²) in [5.74, 6) is 7.63. The van der Waals surface area contributed by atoms with Gasteiger partial charge in [0.15, 0.2) is 0 Å². The molecule has 1 aliphatic rings. The molecule has 5 rings (SSSR count). The summed E-state index contributed by atoms with van der Waals surface area (Å²) in [6.07, 6.45) is 10.1. The van der Waals surface area contributed by atoms with E-state index in [9.17, 15) is 10.2 Å². The van der Waals surface area contributed by atoms with Gasteiger partial charge in [0.05, 0.1) is 5.71 Å². The number of rotatable bonds is 9. The zero-order valence-electron chi connectivity index (χ0n) is 32.9. The second-order valence-electron chi connectivity index (χ2n) is 17.1.